The van der Waals surface area contributed by atoms with Crippen molar-refractivity contribution < 1.29 is 9.90 Å². The van der Waals surface area contributed by atoms with Crippen LogP contribution in [-0.4, -0.2) is 33.1 Å². The first-order valence-electron chi connectivity index (χ1n) is 9.34. The number of aliphatic hydroxyl groups excluding tert-OH is 1. The van der Waals surface area contributed by atoms with E-state index >= 15 is 0 Å². The minimum atomic E-state index is -0.409. The van der Waals surface area contributed by atoms with Crippen LogP contribution < -0.4 is 10.6 Å². The lowest BCUT2D eigenvalue weighted by Crippen LogP contribution is -2.37. The topological polar surface area (TPSA) is 87.1 Å². The van der Waals surface area contributed by atoms with E-state index < -0.39 is 6.10 Å². The Morgan fingerprint density at radius 3 is 2.56 bits per heavy atom. The number of hydrogen-bond donors (Lipinski definition) is 3. The van der Waals surface area contributed by atoms with Gasteiger partial charge in [-0.3, -0.25) is 9.78 Å². The highest BCUT2D eigenvalue weighted by Gasteiger charge is 2.20. The fourth-order valence-electron chi connectivity index (χ4n) is 2.89. The molecule has 1 amide bonds. The van der Waals surface area contributed by atoms with Gasteiger partial charge in [-0.15, -0.1) is 0 Å². The summed E-state index contributed by atoms with van der Waals surface area (Å²) in [6.07, 6.45) is 7.74. The number of fused-ring (bicyclic) bond motifs is 1. The van der Waals surface area contributed by atoms with Crippen molar-refractivity contribution in [1.82, 2.24) is 15.3 Å². The van der Waals surface area contributed by atoms with Crippen molar-refractivity contribution in [3.8, 4) is 0 Å². The van der Waals surface area contributed by atoms with Crippen LogP contribution in [0.4, 0.5) is 5.82 Å². The lowest BCUT2D eigenvalue weighted by molar-refractivity contribution is -0.114. The average molecular weight is 368 g/mol. The highest BCUT2D eigenvalue weighted by Crippen LogP contribution is 2.27. The Morgan fingerprint density at radius 1 is 1.26 bits per heavy atom. The van der Waals surface area contributed by atoms with Crippen molar-refractivity contribution in [3.05, 3.63) is 48.1 Å². The highest BCUT2D eigenvalue weighted by atomic mass is 16.3. The number of amides is 1. The van der Waals surface area contributed by atoms with Crippen molar-refractivity contribution in [2.75, 3.05) is 5.32 Å². The molecule has 144 valence electrons. The van der Waals surface area contributed by atoms with Crippen LogP contribution in [0, 0.1) is 0 Å². The number of nitrogens with zero attached hydrogens (tertiary/aromatic N) is 2. The first-order valence-corrected chi connectivity index (χ1v) is 9.34. The molecule has 6 nitrogen and oxygen atoms in total. The van der Waals surface area contributed by atoms with Crippen molar-refractivity contribution >= 4 is 28.1 Å². The summed E-state index contributed by atoms with van der Waals surface area (Å²) in [5, 5.41) is 17.8. The van der Waals surface area contributed by atoms with Crippen LogP contribution in [0.5, 0.6) is 0 Å². The molecular weight excluding hydrogens is 340 g/mol. The second kappa shape index (κ2) is 9.28. The van der Waals surface area contributed by atoms with Gasteiger partial charge in [0.2, 0.25) is 5.91 Å². The van der Waals surface area contributed by atoms with E-state index in [4.69, 9.17) is 0 Å². The second-order valence-electron chi connectivity index (χ2n) is 6.24. The van der Waals surface area contributed by atoms with Crippen LogP contribution in [0.2, 0.25) is 0 Å². The normalized spacial score (nSPS) is 17.0. The Morgan fingerprint density at radius 2 is 1.93 bits per heavy atom. The van der Waals surface area contributed by atoms with Gasteiger partial charge < -0.3 is 15.7 Å². The standard InChI is InChI=1S/C19H22N4O2.C2H6/c1-4-18(25)17-5-11(2)15(10-21-17)16-6-13-9-22-19(23-12(3)24)7-14(13)8-20-16;1-2/h5-10,17-18,21,25H,4H2,1-3H3,(H,22,23,24);1-2H3. The molecule has 3 heterocycles. The van der Waals surface area contributed by atoms with Crippen molar-refractivity contribution in [3.63, 3.8) is 0 Å². The number of carbonyl (C=O) groups excluding carboxylic acids is 1. The SMILES string of the molecule is CC.CCC(O)C1C=C(C)C(c2cc3cnc(NC(C)=O)cc3cn2)=CN1. The Hall–Kier alpha value is -2.73. The minimum absolute atomic E-state index is 0.0731. The monoisotopic (exact) mass is 368 g/mol. The zero-order chi connectivity index (χ0) is 20.0. The van der Waals surface area contributed by atoms with Gasteiger partial charge >= 0.3 is 0 Å². The van der Waals surface area contributed by atoms with Gasteiger partial charge in [0.1, 0.15) is 5.82 Å². The third-order valence-corrected chi connectivity index (χ3v) is 4.29. The van der Waals surface area contributed by atoms with Crippen LogP contribution in [0.1, 0.15) is 46.7 Å². The van der Waals surface area contributed by atoms with E-state index in [1.807, 2.05) is 46.0 Å². The van der Waals surface area contributed by atoms with Gasteiger partial charge in [-0.25, -0.2) is 4.98 Å². The largest absolute Gasteiger partial charge is 0.391 e. The molecule has 0 bridgehead atoms. The lowest BCUT2D eigenvalue weighted by Gasteiger charge is -2.25. The highest BCUT2D eigenvalue weighted by molar-refractivity contribution is 5.92. The summed E-state index contributed by atoms with van der Waals surface area (Å²) < 4.78 is 0. The molecule has 2 unspecified atom stereocenters. The summed E-state index contributed by atoms with van der Waals surface area (Å²) in [6.45, 7) is 9.43. The van der Waals surface area contributed by atoms with Crippen LogP contribution in [0.25, 0.3) is 16.3 Å². The summed E-state index contributed by atoms with van der Waals surface area (Å²) in [5.74, 6) is 0.361. The van der Waals surface area contributed by atoms with E-state index in [9.17, 15) is 9.90 Å². The number of carbonyl (C=O) groups is 1. The molecule has 1 aliphatic rings. The first-order chi connectivity index (χ1) is 13.0. The first kappa shape index (κ1) is 20.6. The third-order valence-electron chi connectivity index (χ3n) is 4.29. The molecule has 0 aliphatic carbocycles. The molecule has 0 spiro atoms. The molecule has 0 aromatic carbocycles. The number of aromatic nitrogens is 2. The van der Waals surface area contributed by atoms with Gasteiger partial charge in [0.05, 0.1) is 17.8 Å². The summed E-state index contributed by atoms with van der Waals surface area (Å²) in [7, 11) is 0. The summed E-state index contributed by atoms with van der Waals surface area (Å²) >= 11 is 0. The Bertz CT molecular complexity index is 874. The number of nitrogens with one attached hydrogen (secondary N) is 2. The minimum Gasteiger partial charge on any atom is -0.391 e. The molecule has 6 heteroatoms. The molecule has 2 atom stereocenters. The van der Waals surface area contributed by atoms with Crippen LogP contribution in [0.3, 0.4) is 0 Å². The third kappa shape index (κ3) is 4.92. The van der Waals surface area contributed by atoms with E-state index in [1.165, 1.54) is 6.92 Å². The molecule has 0 radical (unpaired) electrons. The number of pyridine rings is 2. The number of rotatable bonds is 4. The molecule has 2 aromatic heterocycles. The number of anilines is 1. The Kier molecular flexibility index (Phi) is 7.07. The van der Waals surface area contributed by atoms with Crippen LogP contribution >= 0.6 is 0 Å². The number of allylic oxidation sites excluding steroid dienone is 2. The number of dihydropyridines is 1. The number of hydrogen-bond acceptors (Lipinski definition) is 5. The van der Waals surface area contributed by atoms with Gasteiger partial charge in [-0.05, 0) is 31.1 Å². The Labute approximate surface area is 160 Å². The molecule has 0 saturated carbocycles. The molecule has 3 N–H and O–H groups in total. The van der Waals surface area contributed by atoms with E-state index in [2.05, 4.69) is 20.6 Å². The average Bonchev–Trinajstić information content (AvgIpc) is 2.68. The zero-order valence-corrected chi connectivity index (χ0v) is 16.6. The predicted octanol–water partition coefficient (Wildman–Crippen LogP) is 3.64. The maximum Gasteiger partial charge on any atom is 0.222 e. The van der Waals surface area contributed by atoms with Gasteiger partial charge in [0, 0.05) is 41.9 Å². The molecule has 1 aliphatic heterocycles. The maximum absolute atomic E-state index is 11.1. The summed E-state index contributed by atoms with van der Waals surface area (Å²) in [5.41, 5.74) is 2.91. The van der Waals surface area contributed by atoms with E-state index in [0.29, 0.717) is 12.2 Å². The van der Waals surface area contributed by atoms with Gasteiger partial charge in [0.15, 0.2) is 0 Å². The van der Waals surface area contributed by atoms with Crippen molar-refractivity contribution in [2.24, 2.45) is 0 Å². The molecule has 27 heavy (non-hydrogen) atoms. The van der Waals surface area contributed by atoms with Gasteiger partial charge in [0.25, 0.3) is 0 Å². The van der Waals surface area contributed by atoms with Gasteiger partial charge in [-0.2, -0.15) is 0 Å². The molecule has 0 saturated heterocycles. The smallest absolute Gasteiger partial charge is 0.222 e. The van der Waals surface area contributed by atoms with Crippen molar-refractivity contribution in [2.45, 2.75) is 53.2 Å². The zero-order valence-electron chi connectivity index (χ0n) is 16.6. The van der Waals surface area contributed by atoms with E-state index in [-0.39, 0.29) is 11.9 Å². The maximum atomic E-state index is 11.1. The van der Waals surface area contributed by atoms with Crippen LogP contribution in [-0.2, 0) is 4.79 Å². The van der Waals surface area contributed by atoms with E-state index in [1.54, 1.807) is 18.5 Å². The fourth-order valence-corrected chi connectivity index (χ4v) is 2.89. The van der Waals surface area contributed by atoms with E-state index in [0.717, 1.165) is 27.6 Å². The van der Waals surface area contributed by atoms with Crippen molar-refractivity contribution in [1.29, 1.82) is 0 Å². The quantitative estimate of drug-likeness (QED) is 0.767. The van der Waals surface area contributed by atoms with Crippen LogP contribution in [0.15, 0.2) is 42.4 Å². The molecule has 2 aromatic rings. The van der Waals surface area contributed by atoms with Gasteiger partial charge in [-0.1, -0.05) is 26.8 Å². The Balaban J connectivity index is 0.00000126. The molecule has 0 fully saturated rings. The number of aliphatic hydroxyl groups is 1. The molecular formula is C21H28N4O2. The molecule has 3 rings (SSSR count). The lowest BCUT2D eigenvalue weighted by atomic mass is 9.95. The second-order valence-corrected chi connectivity index (χ2v) is 6.24. The predicted molar refractivity (Wildman–Crippen MR) is 110 cm³/mol. The summed E-state index contributed by atoms with van der Waals surface area (Å²) in [6, 6.07) is 3.70. The fraction of sp³-hybridized carbons (Fsp3) is 0.381. The summed E-state index contributed by atoms with van der Waals surface area (Å²) in [4.78, 5) is 19.9.